The first kappa shape index (κ1) is 23.3. The molecule has 1 unspecified atom stereocenters. The Balaban J connectivity index is 0.00000338. The molecule has 0 radical (unpaired) electrons. The van der Waals surface area contributed by atoms with Crippen LogP contribution >= 0.6 is 39.9 Å². The molecule has 0 saturated heterocycles. The van der Waals surface area contributed by atoms with Gasteiger partial charge < -0.3 is 20.1 Å². The zero-order valence-electron chi connectivity index (χ0n) is 15.0. The molecule has 7 nitrogen and oxygen atoms in total. The first-order valence-corrected chi connectivity index (χ1v) is 10.9. The molecule has 26 heavy (non-hydrogen) atoms. The predicted molar refractivity (Wildman–Crippen MR) is 117 cm³/mol. The second-order valence-corrected chi connectivity index (χ2v) is 9.08. The van der Waals surface area contributed by atoms with Crippen molar-refractivity contribution in [3.05, 3.63) is 22.2 Å². The molecule has 0 amide bonds. The van der Waals surface area contributed by atoms with Crippen LogP contribution in [0.15, 0.2) is 21.6 Å². The van der Waals surface area contributed by atoms with Crippen LogP contribution < -0.4 is 20.1 Å². The number of ether oxygens (including phenoxy) is 2. The summed E-state index contributed by atoms with van der Waals surface area (Å²) in [5.74, 6) is 2.22. The second-order valence-electron chi connectivity index (χ2n) is 5.97. The molecule has 1 aromatic carbocycles. The number of fused-ring (bicyclic) bond motifs is 1. The minimum Gasteiger partial charge on any atom is -0.454 e. The number of rotatable bonds is 7. The lowest BCUT2D eigenvalue weighted by Gasteiger charge is -2.17. The van der Waals surface area contributed by atoms with Crippen LogP contribution in [0, 0.1) is 0 Å². The number of benzene rings is 1. The van der Waals surface area contributed by atoms with Gasteiger partial charge in [0.2, 0.25) is 6.79 Å². The Bertz CT molecular complexity index is 743. The summed E-state index contributed by atoms with van der Waals surface area (Å²) < 4.78 is 34.2. The zero-order valence-corrected chi connectivity index (χ0v) is 19.8. The van der Waals surface area contributed by atoms with Gasteiger partial charge in [0.1, 0.15) is 9.84 Å². The van der Waals surface area contributed by atoms with Crippen molar-refractivity contribution in [2.75, 3.05) is 25.3 Å². The maximum atomic E-state index is 11.3. The largest absolute Gasteiger partial charge is 0.454 e. The maximum Gasteiger partial charge on any atom is 0.231 e. The van der Waals surface area contributed by atoms with E-state index in [0.717, 1.165) is 16.6 Å². The number of halogens is 2. The van der Waals surface area contributed by atoms with Crippen molar-refractivity contribution < 1.29 is 17.9 Å². The van der Waals surface area contributed by atoms with Crippen molar-refractivity contribution in [3.63, 3.8) is 0 Å². The Morgan fingerprint density at radius 2 is 2.12 bits per heavy atom. The SMILES string of the molecule is CCNC(=NCc1cc(Br)c2c(c1)OCO2)NC(C)CCS(C)(=O)=O.I. The van der Waals surface area contributed by atoms with Crippen LogP contribution in [-0.2, 0) is 16.4 Å². The summed E-state index contributed by atoms with van der Waals surface area (Å²) in [5, 5.41) is 6.40. The van der Waals surface area contributed by atoms with Gasteiger partial charge in [0.15, 0.2) is 17.5 Å². The van der Waals surface area contributed by atoms with Crippen LogP contribution in [-0.4, -0.2) is 45.8 Å². The van der Waals surface area contributed by atoms with Crippen LogP contribution in [0.3, 0.4) is 0 Å². The van der Waals surface area contributed by atoms with Crippen LogP contribution in [0.1, 0.15) is 25.8 Å². The van der Waals surface area contributed by atoms with Crippen molar-refractivity contribution >= 4 is 55.7 Å². The van der Waals surface area contributed by atoms with E-state index >= 15 is 0 Å². The zero-order chi connectivity index (χ0) is 18.4. The van der Waals surface area contributed by atoms with Gasteiger partial charge in [-0.3, -0.25) is 0 Å². The first-order valence-electron chi connectivity index (χ1n) is 8.09. The van der Waals surface area contributed by atoms with E-state index in [0.29, 0.717) is 30.4 Å². The third-order valence-electron chi connectivity index (χ3n) is 3.56. The van der Waals surface area contributed by atoms with Gasteiger partial charge in [0.25, 0.3) is 0 Å². The molecule has 2 rings (SSSR count). The van der Waals surface area contributed by atoms with Gasteiger partial charge in [-0.25, -0.2) is 13.4 Å². The van der Waals surface area contributed by atoms with E-state index in [1.54, 1.807) is 0 Å². The molecule has 0 aliphatic carbocycles. The fraction of sp³-hybridized carbons (Fsp3) is 0.562. The molecule has 1 heterocycles. The third kappa shape index (κ3) is 7.47. The van der Waals surface area contributed by atoms with Gasteiger partial charge in [-0.05, 0) is 53.9 Å². The summed E-state index contributed by atoms with van der Waals surface area (Å²) in [6.07, 6.45) is 1.77. The van der Waals surface area contributed by atoms with E-state index in [2.05, 4.69) is 31.6 Å². The molecular formula is C16H25BrIN3O4S. The normalized spacial score (nSPS) is 14.5. The van der Waals surface area contributed by atoms with Gasteiger partial charge >= 0.3 is 0 Å². The van der Waals surface area contributed by atoms with Gasteiger partial charge in [-0.15, -0.1) is 24.0 Å². The molecule has 1 aliphatic heterocycles. The predicted octanol–water partition coefficient (Wildman–Crippen LogP) is 2.67. The molecule has 0 saturated carbocycles. The number of hydrogen-bond donors (Lipinski definition) is 2. The van der Waals surface area contributed by atoms with Gasteiger partial charge in [0, 0.05) is 18.8 Å². The average Bonchev–Trinajstić information content (AvgIpc) is 2.99. The highest BCUT2D eigenvalue weighted by atomic mass is 127. The fourth-order valence-corrected chi connectivity index (χ4v) is 3.68. The van der Waals surface area contributed by atoms with Crippen molar-refractivity contribution in [1.29, 1.82) is 0 Å². The molecule has 1 aliphatic rings. The summed E-state index contributed by atoms with van der Waals surface area (Å²) in [5.41, 5.74) is 0.983. The lowest BCUT2D eigenvalue weighted by Crippen LogP contribution is -2.42. The first-order chi connectivity index (χ1) is 11.8. The molecule has 0 bridgehead atoms. The summed E-state index contributed by atoms with van der Waals surface area (Å²) in [7, 11) is -2.96. The Morgan fingerprint density at radius 3 is 2.77 bits per heavy atom. The number of aliphatic imine (C=N–C) groups is 1. The van der Waals surface area contributed by atoms with Crippen molar-refractivity contribution in [2.24, 2.45) is 4.99 Å². The van der Waals surface area contributed by atoms with Crippen LogP contribution in [0.25, 0.3) is 0 Å². The molecule has 0 aromatic heterocycles. The van der Waals surface area contributed by atoms with E-state index in [9.17, 15) is 8.42 Å². The Kier molecular flexibility index (Phi) is 9.45. The average molecular weight is 562 g/mol. The molecule has 0 spiro atoms. The topological polar surface area (TPSA) is 89.0 Å². The number of nitrogens with zero attached hydrogens (tertiary/aromatic N) is 1. The van der Waals surface area contributed by atoms with Gasteiger partial charge in [-0.1, -0.05) is 0 Å². The van der Waals surface area contributed by atoms with Crippen molar-refractivity contribution in [3.8, 4) is 11.5 Å². The minimum atomic E-state index is -2.96. The monoisotopic (exact) mass is 561 g/mol. The van der Waals surface area contributed by atoms with E-state index in [1.165, 1.54) is 6.26 Å². The summed E-state index contributed by atoms with van der Waals surface area (Å²) >= 11 is 3.47. The standard InChI is InChI=1S/C16H24BrN3O4S.HI/c1-4-18-16(20-11(2)5-6-25(3,21)22)19-9-12-7-13(17)15-14(8-12)23-10-24-15;/h7-8,11H,4-6,9-10H2,1-3H3,(H2,18,19,20);1H. The van der Waals surface area contributed by atoms with E-state index in [4.69, 9.17) is 9.47 Å². The maximum absolute atomic E-state index is 11.3. The lowest BCUT2D eigenvalue weighted by molar-refractivity contribution is 0.173. The Hall–Kier alpha value is -0.750. The van der Waals surface area contributed by atoms with Gasteiger partial charge in [-0.2, -0.15) is 0 Å². The fourth-order valence-electron chi connectivity index (χ4n) is 2.30. The highest BCUT2D eigenvalue weighted by Crippen LogP contribution is 2.40. The quantitative estimate of drug-likeness (QED) is 0.302. The number of hydrogen-bond acceptors (Lipinski definition) is 5. The molecular weight excluding hydrogens is 537 g/mol. The molecule has 1 atom stereocenters. The van der Waals surface area contributed by atoms with Crippen LogP contribution in [0.4, 0.5) is 0 Å². The Morgan fingerprint density at radius 1 is 1.38 bits per heavy atom. The van der Waals surface area contributed by atoms with E-state index in [1.807, 2.05) is 26.0 Å². The van der Waals surface area contributed by atoms with Crippen LogP contribution in [0.5, 0.6) is 11.5 Å². The van der Waals surface area contributed by atoms with Crippen LogP contribution in [0.2, 0.25) is 0 Å². The lowest BCUT2D eigenvalue weighted by atomic mass is 10.2. The number of guanidine groups is 1. The number of nitrogens with one attached hydrogen (secondary N) is 2. The highest BCUT2D eigenvalue weighted by Gasteiger charge is 2.18. The number of sulfone groups is 1. The smallest absolute Gasteiger partial charge is 0.231 e. The minimum absolute atomic E-state index is 0. The summed E-state index contributed by atoms with van der Waals surface area (Å²) in [6, 6.07) is 3.86. The van der Waals surface area contributed by atoms with E-state index in [-0.39, 0.29) is 42.6 Å². The van der Waals surface area contributed by atoms with E-state index < -0.39 is 9.84 Å². The molecule has 10 heteroatoms. The summed E-state index contributed by atoms with van der Waals surface area (Å²) in [4.78, 5) is 4.56. The highest BCUT2D eigenvalue weighted by molar-refractivity contribution is 14.0. The molecule has 0 fully saturated rings. The summed E-state index contributed by atoms with van der Waals surface area (Å²) in [6.45, 7) is 5.33. The third-order valence-corrected chi connectivity index (χ3v) is 5.12. The molecule has 1 aromatic rings. The van der Waals surface area contributed by atoms with Crippen molar-refractivity contribution in [2.45, 2.75) is 32.9 Å². The van der Waals surface area contributed by atoms with Gasteiger partial charge in [0.05, 0.1) is 16.8 Å². The van der Waals surface area contributed by atoms with Crippen molar-refractivity contribution in [1.82, 2.24) is 10.6 Å². The molecule has 148 valence electrons. The molecule has 2 N–H and O–H groups in total. The Labute approximate surface area is 180 Å². The second kappa shape index (κ2) is 10.5.